The number of carbonyl (C=O) groups excluding carboxylic acids is 4. The number of amides is 4. The standard InChI is InChI=1S/C46H57N5O8S/c1-3-33-28-46(33,45(55)49-60(56,57)36-18-19-36)48-43(53)40-26-35(59-41-27-38(31-15-9-5-10-16-31)47-39-25-34(58-2)17-20-37(39)41)29-51(40)44(54)32(23-30-13-7-4-8-14-30)24-42(52)50-21-11-6-12-22-50/h3,5,9-10,15-17,20,25,27,30,32-33,35-36,40H,1,4,6-8,11-14,18-19,21-24,26,28-29H2,2H3,(H,48,53)(H,49,55)/t32-,33?,35?,40-,46+/m0/s1. The lowest BCUT2D eigenvalue weighted by Gasteiger charge is -2.33. The zero-order valence-electron chi connectivity index (χ0n) is 34.5. The Morgan fingerprint density at radius 2 is 1.70 bits per heavy atom. The van der Waals surface area contributed by atoms with Crippen LogP contribution >= 0.6 is 0 Å². The maximum absolute atomic E-state index is 15.1. The van der Waals surface area contributed by atoms with Crippen molar-refractivity contribution in [3.8, 4) is 22.8 Å². The van der Waals surface area contributed by atoms with E-state index in [-0.39, 0.29) is 37.6 Å². The lowest BCUT2D eigenvalue weighted by atomic mass is 9.81. The van der Waals surface area contributed by atoms with Crippen molar-refractivity contribution in [3.63, 3.8) is 0 Å². The third-order valence-corrected chi connectivity index (χ3v) is 15.1. The average molecular weight is 840 g/mol. The molecule has 0 bridgehead atoms. The zero-order valence-corrected chi connectivity index (χ0v) is 35.3. The van der Waals surface area contributed by atoms with Crippen molar-refractivity contribution < 1.29 is 37.1 Å². The summed E-state index contributed by atoms with van der Waals surface area (Å²) in [7, 11) is -2.30. The maximum Gasteiger partial charge on any atom is 0.259 e. The Morgan fingerprint density at radius 1 is 0.967 bits per heavy atom. The van der Waals surface area contributed by atoms with Crippen LogP contribution in [-0.4, -0.2) is 96.5 Å². The van der Waals surface area contributed by atoms with Crippen LogP contribution in [-0.2, 0) is 29.2 Å². The summed E-state index contributed by atoms with van der Waals surface area (Å²) in [5, 5.41) is 3.01. The average Bonchev–Trinajstić information content (AvgIpc) is 4.20. The van der Waals surface area contributed by atoms with Gasteiger partial charge in [0, 0.05) is 60.8 Å². The van der Waals surface area contributed by atoms with E-state index in [1.54, 1.807) is 18.1 Å². The molecule has 2 unspecified atom stereocenters. The highest BCUT2D eigenvalue weighted by Crippen LogP contribution is 2.46. The number of hydrogen-bond donors (Lipinski definition) is 2. The Balaban J connectivity index is 1.11. The van der Waals surface area contributed by atoms with Gasteiger partial charge >= 0.3 is 0 Å². The molecule has 2 N–H and O–H groups in total. The Kier molecular flexibility index (Phi) is 12.2. The first-order valence-electron chi connectivity index (χ1n) is 21.8. The number of fused-ring (bicyclic) bond motifs is 1. The molecule has 2 aliphatic heterocycles. The number of piperidine rings is 1. The summed E-state index contributed by atoms with van der Waals surface area (Å²) in [6, 6.07) is 16.1. The third kappa shape index (κ3) is 9.03. The highest BCUT2D eigenvalue weighted by molar-refractivity contribution is 7.91. The van der Waals surface area contributed by atoms with Crippen LogP contribution in [0.5, 0.6) is 11.5 Å². The largest absolute Gasteiger partial charge is 0.497 e. The molecule has 5 aliphatic rings. The van der Waals surface area contributed by atoms with E-state index >= 15 is 4.79 Å². The molecule has 2 aromatic carbocycles. The molecule has 3 saturated carbocycles. The van der Waals surface area contributed by atoms with Crippen molar-refractivity contribution in [1.29, 1.82) is 0 Å². The highest BCUT2D eigenvalue weighted by Gasteiger charge is 2.62. The molecular formula is C46H57N5O8S. The van der Waals surface area contributed by atoms with E-state index < -0.39 is 56.6 Å². The molecule has 1 aromatic heterocycles. The summed E-state index contributed by atoms with van der Waals surface area (Å²) in [4.78, 5) is 65.7. The molecule has 2 saturated heterocycles. The maximum atomic E-state index is 15.1. The van der Waals surface area contributed by atoms with E-state index in [9.17, 15) is 22.8 Å². The summed E-state index contributed by atoms with van der Waals surface area (Å²) < 4.78 is 40.3. The second-order valence-electron chi connectivity index (χ2n) is 17.5. The van der Waals surface area contributed by atoms with Crippen LogP contribution in [0.1, 0.15) is 89.9 Å². The number of benzene rings is 2. The summed E-state index contributed by atoms with van der Waals surface area (Å²) in [6.45, 7) is 5.27. The lowest BCUT2D eigenvalue weighted by Crippen LogP contribution is -2.57. The quantitative estimate of drug-likeness (QED) is 0.177. The minimum absolute atomic E-state index is 0.0386. The summed E-state index contributed by atoms with van der Waals surface area (Å²) >= 11 is 0. The minimum atomic E-state index is -3.89. The molecule has 14 heteroatoms. The molecule has 4 amide bonds. The molecule has 60 heavy (non-hydrogen) atoms. The van der Waals surface area contributed by atoms with Gasteiger partial charge in [0.1, 0.15) is 29.2 Å². The van der Waals surface area contributed by atoms with Gasteiger partial charge in [0.2, 0.25) is 27.7 Å². The molecule has 5 fully saturated rings. The van der Waals surface area contributed by atoms with Gasteiger partial charge in [-0.2, -0.15) is 0 Å². The van der Waals surface area contributed by atoms with Gasteiger partial charge in [0.25, 0.3) is 5.91 Å². The van der Waals surface area contributed by atoms with Gasteiger partial charge in [-0.15, -0.1) is 6.58 Å². The monoisotopic (exact) mass is 839 g/mol. The molecule has 3 aromatic rings. The van der Waals surface area contributed by atoms with E-state index in [2.05, 4.69) is 16.6 Å². The Bertz CT molecular complexity index is 2220. The van der Waals surface area contributed by atoms with Crippen LogP contribution in [0.2, 0.25) is 0 Å². The number of methoxy groups -OCH3 is 1. The number of hydrogen-bond acceptors (Lipinski definition) is 9. The van der Waals surface area contributed by atoms with Crippen LogP contribution in [0.4, 0.5) is 0 Å². The summed E-state index contributed by atoms with van der Waals surface area (Å²) in [6.07, 6.45) is 11.0. The van der Waals surface area contributed by atoms with Gasteiger partial charge in [0.15, 0.2) is 0 Å². The fourth-order valence-electron chi connectivity index (χ4n) is 9.55. The van der Waals surface area contributed by atoms with E-state index in [1.807, 2.05) is 59.5 Å². The van der Waals surface area contributed by atoms with Crippen LogP contribution in [0.15, 0.2) is 67.3 Å². The van der Waals surface area contributed by atoms with Crippen LogP contribution in [0, 0.1) is 17.8 Å². The van der Waals surface area contributed by atoms with Gasteiger partial charge in [-0.3, -0.25) is 23.9 Å². The van der Waals surface area contributed by atoms with Crippen molar-refractivity contribution in [1.82, 2.24) is 24.8 Å². The molecule has 5 atom stereocenters. The number of carbonyl (C=O) groups is 4. The predicted molar refractivity (Wildman–Crippen MR) is 227 cm³/mol. The normalized spacial score (nSPS) is 25.0. The summed E-state index contributed by atoms with van der Waals surface area (Å²) in [5.41, 5.74) is 0.678. The Hall–Kier alpha value is -4.98. The van der Waals surface area contributed by atoms with E-state index in [4.69, 9.17) is 14.5 Å². The topological polar surface area (TPSA) is 164 Å². The first-order chi connectivity index (χ1) is 29.0. The van der Waals surface area contributed by atoms with Crippen molar-refractivity contribution in [2.75, 3.05) is 26.7 Å². The van der Waals surface area contributed by atoms with Crippen molar-refractivity contribution in [3.05, 3.63) is 67.3 Å². The van der Waals surface area contributed by atoms with E-state index in [0.717, 1.165) is 62.3 Å². The Labute approximate surface area is 352 Å². The van der Waals surface area contributed by atoms with Gasteiger partial charge in [-0.25, -0.2) is 13.4 Å². The molecule has 320 valence electrons. The molecule has 13 nitrogen and oxygen atoms in total. The second kappa shape index (κ2) is 17.6. The fraction of sp³-hybridized carbons (Fsp3) is 0.543. The van der Waals surface area contributed by atoms with Crippen molar-refractivity contribution in [2.24, 2.45) is 17.8 Å². The number of rotatable bonds is 15. The van der Waals surface area contributed by atoms with E-state index in [0.29, 0.717) is 61.0 Å². The number of likely N-dealkylation sites (tertiary alicyclic amines) is 2. The first-order valence-corrected chi connectivity index (χ1v) is 23.3. The molecule has 3 aliphatic carbocycles. The van der Waals surface area contributed by atoms with Crippen LogP contribution in [0.3, 0.4) is 0 Å². The van der Waals surface area contributed by atoms with Gasteiger partial charge in [-0.1, -0.05) is 68.5 Å². The minimum Gasteiger partial charge on any atom is -0.497 e. The first kappa shape index (κ1) is 41.7. The second-order valence-corrected chi connectivity index (χ2v) is 19.5. The predicted octanol–water partition coefficient (Wildman–Crippen LogP) is 5.92. The van der Waals surface area contributed by atoms with Gasteiger partial charge in [0.05, 0.1) is 30.1 Å². The number of nitrogens with zero attached hydrogens (tertiary/aromatic N) is 3. The summed E-state index contributed by atoms with van der Waals surface area (Å²) in [5.74, 6) is -1.39. The Morgan fingerprint density at radius 3 is 2.38 bits per heavy atom. The van der Waals surface area contributed by atoms with Crippen LogP contribution < -0.4 is 19.5 Å². The number of ether oxygens (including phenoxy) is 2. The lowest BCUT2D eigenvalue weighted by molar-refractivity contribution is -0.146. The molecule has 0 spiro atoms. The van der Waals surface area contributed by atoms with Crippen LogP contribution in [0.25, 0.3) is 22.2 Å². The number of pyridine rings is 1. The fourth-order valence-corrected chi connectivity index (χ4v) is 10.9. The zero-order chi connectivity index (χ0) is 42.0. The van der Waals surface area contributed by atoms with Gasteiger partial charge < -0.3 is 24.6 Å². The molecular weight excluding hydrogens is 783 g/mol. The highest BCUT2D eigenvalue weighted by atomic mass is 32.2. The van der Waals surface area contributed by atoms with Crippen molar-refractivity contribution in [2.45, 2.75) is 113 Å². The molecule has 3 heterocycles. The van der Waals surface area contributed by atoms with Gasteiger partial charge in [-0.05, 0) is 63.0 Å². The SMILES string of the molecule is C=CC1C[C@]1(NC(=O)[C@@H]1CC(Oc2cc(-c3ccccc3)nc3cc(OC)ccc23)CN1C(=O)[C@H](CC(=O)N1CCCCC1)CC1CCCCC1)C(=O)NS(=O)(=O)C1CC1. The number of sulfonamides is 1. The molecule has 0 radical (unpaired) electrons. The van der Waals surface area contributed by atoms with Crippen molar-refractivity contribution >= 4 is 44.6 Å². The smallest absolute Gasteiger partial charge is 0.259 e. The number of aromatic nitrogens is 1. The molecule has 8 rings (SSSR count). The van der Waals surface area contributed by atoms with E-state index in [1.165, 1.54) is 0 Å². The number of nitrogens with one attached hydrogen (secondary N) is 2. The third-order valence-electron chi connectivity index (χ3n) is 13.3.